The molecule has 0 amide bonds. The van der Waals surface area contributed by atoms with Crippen molar-refractivity contribution in [3.63, 3.8) is 0 Å². The Morgan fingerprint density at radius 3 is 2.60 bits per heavy atom. The summed E-state index contributed by atoms with van der Waals surface area (Å²) in [5.74, 6) is 0.0451. The van der Waals surface area contributed by atoms with Crippen molar-refractivity contribution in [1.29, 1.82) is 0 Å². The van der Waals surface area contributed by atoms with E-state index < -0.39 is 0 Å². The van der Waals surface area contributed by atoms with Gasteiger partial charge in [-0.05, 0) is 19.4 Å². The second-order valence-corrected chi connectivity index (χ2v) is 4.28. The molecule has 1 aliphatic rings. The molecule has 15 heavy (non-hydrogen) atoms. The zero-order valence-corrected chi connectivity index (χ0v) is 8.97. The molecule has 2 rings (SSSR count). The van der Waals surface area contributed by atoms with Gasteiger partial charge in [-0.1, -0.05) is 35.5 Å². The molecule has 80 valence electrons. The van der Waals surface area contributed by atoms with Gasteiger partial charge in [0.1, 0.15) is 5.60 Å². The highest BCUT2D eigenvalue weighted by Crippen LogP contribution is 2.37. The van der Waals surface area contributed by atoms with Crippen LogP contribution in [0.25, 0.3) is 0 Å². The molecule has 0 aromatic heterocycles. The van der Waals surface area contributed by atoms with Gasteiger partial charge in [0, 0.05) is 0 Å². The Morgan fingerprint density at radius 1 is 1.33 bits per heavy atom. The minimum absolute atomic E-state index is 0.0451. The highest BCUT2D eigenvalue weighted by atomic mass is 16.7. The van der Waals surface area contributed by atoms with Crippen molar-refractivity contribution < 1.29 is 9.94 Å². The molecule has 0 fully saturated rings. The Kier molecular flexibility index (Phi) is 2.49. The second-order valence-electron chi connectivity index (χ2n) is 4.28. The molecular formula is C12H15NO2. The fourth-order valence-corrected chi connectivity index (χ4v) is 2.04. The van der Waals surface area contributed by atoms with Crippen LogP contribution in [0.4, 0.5) is 0 Å². The van der Waals surface area contributed by atoms with Crippen LogP contribution in [0.3, 0.4) is 0 Å². The van der Waals surface area contributed by atoms with Crippen LogP contribution >= 0.6 is 0 Å². The van der Waals surface area contributed by atoms with Crippen molar-refractivity contribution in [1.82, 2.24) is 0 Å². The van der Waals surface area contributed by atoms with E-state index in [2.05, 4.69) is 5.16 Å². The minimum Gasteiger partial charge on any atom is -0.390 e. The molecule has 3 nitrogen and oxygen atoms in total. The summed E-state index contributed by atoms with van der Waals surface area (Å²) in [6, 6.07) is 10.0. The summed E-state index contributed by atoms with van der Waals surface area (Å²) in [7, 11) is 0. The van der Waals surface area contributed by atoms with Crippen molar-refractivity contribution in [2.75, 3.05) is 6.61 Å². The topological polar surface area (TPSA) is 41.8 Å². The molecule has 1 aromatic carbocycles. The summed E-state index contributed by atoms with van der Waals surface area (Å²) in [6.07, 6.45) is 0. The first-order valence-corrected chi connectivity index (χ1v) is 5.06. The monoisotopic (exact) mass is 205 g/mol. The molecule has 0 spiro atoms. The molecule has 1 N–H and O–H groups in total. The summed E-state index contributed by atoms with van der Waals surface area (Å²) >= 11 is 0. The molecule has 3 heteroatoms. The van der Waals surface area contributed by atoms with Crippen LogP contribution in [-0.4, -0.2) is 23.0 Å². The van der Waals surface area contributed by atoms with E-state index in [1.807, 2.05) is 44.2 Å². The third kappa shape index (κ3) is 1.75. The van der Waals surface area contributed by atoms with E-state index in [0.29, 0.717) is 5.71 Å². The van der Waals surface area contributed by atoms with Gasteiger partial charge in [-0.3, -0.25) is 0 Å². The number of aliphatic hydroxyl groups excluding tert-OH is 1. The van der Waals surface area contributed by atoms with Crippen LogP contribution in [0.2, 0.25) is 0 Å². The summed E-state index contributed by atoms with van der Waals surface area (Å²) in [6.45, 7) is 3.91. The minimum atomic E-state index is -0.376. The largest absolute Gasteiger partial charge is 0.390 e. The molecular weight excluding hydrogens is 190 g/mol. The Labute approximate surface area is 89.4 Å². The average Bonchev–Trinajstić information content (AvgIpc) is 2.55. The fraction of sp³-hybridized carbons (Fsp3) is 0.417. The number of aliphatic hydroxyl groups is 1. The zero-order valence-electron chi connectivity index (χ0n) is 8.97. The highest BCUT2D eigenvalue weighted by Gasteiger charge is 2.41. The van der Waals surface area contributed by atoms with E-state index in [4.69, 9.17) is 4.84 Å². The lowest BCUT2D eigenvalue weighted by Crippen LogP contribution is -2.31. The Morgan fingerprint density at radius 2 is 2.00 bits per heavy atom. The van der Waals surface area contributed by atoms with Gasteiger partial charge >= 0.3 is 0 Å². The number of benzene rings is 1. The van der Waals surface area contributed by atoms with Gasteiger partial charge in [0.25, 0.3) is 0 Å². The Balaban J connectivity index is 2.37. The summed E-state index contributed by atoms with van der Waals surface area (Å²) in [5, 5.41) is 13.2. The van der Waals surface area contributed by atoms with Crippen LogP contribution in [0.1, 0.15) is 25.3 Å². The van der Waals surface area contributed by atoms with Gasteiger partial charge in [0.15, 0.2) is 0 Å². The number of nitrogens with zero attached hydrogens (tertiary/aromatic N) is 1. The van der Waals surface area contributed by atoms with Crippen molar-refractivity contribution in [3.8, 4) is 0 Å². The van der Waals surface area contributed by atoms with E-state index in [9.17, 15) is 5.11 Å². The molecule has 0 bridgehead atoms. The lowest BCUT2D eigenvalue weighted by Gasteiger charge is -2.25. The first kappa shape index (κ1) is 10.2. The van der Waals surface area contributed by atoms with Gasteiger partial charge < -0.3 is 9.94 Å². The summed E-state index contributed by atoms with van der Waals surface area (Å²) < 4.78 is 0. The number of hydrogen-bond donors (Lipinski definition) is 1. The van der Waals surface area contributed by atoms with E-state index >= 15 is 0 Å². The third-order valence-electron chi connectivity index (χ3n) is 2.72. The first-order chi connectivity index (χ1) is 7.15. The van der Waals surface area contributed by atoms with E-state index in [1.54, 1.807) is 0 Å². The molecule has 0 saturated carbocycles. The lowest BCUT2D eigenvalue weighted by molar-refractivity contribution is 0.00188. The molecule has 1 aliphatic heterocycles. The summed E-state index contributed by atoms with van der Waals surface area (Å²) in [5.41, 5.74) is 1.46. The SMILES string of the molecule is CC1(C)ON=C(CO)C1c1ccccc1. The zero-order chi connectivity index (χ0) is 10.9. The third-order valence-corrected chi connectivity index (χ3v) is 2.72. The predicted octanol–water partition coefficient (Wildman–Crippen LogP) is 1.93. The maximum atomic E-state index is 9.22. The van der Waals surface area contributed by atoms with Crippen LogP contribution in [0.5, 0.6) is 0 Å². The molecule has 1 aromatic rings. The van der Waals surface area contributed by atoms with Gasteiger partial charge in [-0.25, -0.2) is 0 Å². The number of oxime groups is 1. The van der Waals surface area contributed by atoms with Gasteiger partial charge in [-0.2, -0.15) is 0 Å². The quantitative estimate of drug-likeness (QED) is 0.801. The maximum Gasteiger partial charge on any atom is 0.144 e. The lowest BCUT2D eigenvalue weighted by atomic mass is 9.82. The Hall–Kier alpha value is -1.35. The van der Waals surface area contributed by atoms with Crippen molar-refractivity contribution in [2.24, 2.45) is 5.16 Å². The first-order valence-electron chi connectivity index (χ1n) is 5.06. The predicted molar refractivity (Wildman–Crippen MR) is 58.9 cm³/mol. The van der Waals surface area contributed by atoms with Crippen molar-refractivity contribution >= 4 is 5.71 Å². The van der Waals surface area contributed by atoms with Crippen LogP contribution in [0.15, 0.2) is 35.5 Å². The van der Waals surface area contributed by atoms with E-state index in [1.165, 1.54) is 0 Å². The highest BCUT2D eigenvalue weighted by molar-refractivity contribution is 5.93. The second kappa shape index (κ2) is 3.66. The number of rotatable bonds is 2. The molecule has 0 saturated heterocycles. The maximum absolute atomic E-state index is 9.22. The van der Waals surface area contributed by atoms with Gasteiger partial charge in [0.05, 0.1) is 18.2 Å². The van der Waals surface area contributed by atoms with Gasteiger partial charge in [-0.15, -0.1) is 0 Å². The average molecular weight is 205 g/mol. The molecule has 1 atom stereocenters. The van der Waals surface area contributed by atoms with Crippen LogP contribution in [0, 0.1) is 0 Å². The smallest absolute Gasteiger partial charge is 0.144 e. The van der Waals surface area contributed by atoms with Gasteiger partial charge in [0.2, 0.25) is 0 Å². The fourth-order valence-electron chi connectivity index (χ4n) is 2.04. The van der Waals surface area contributed by atoms with Crippen LogP contribution < -0.4 is 0 Å². The number of hydrogen-bond acceptors (Lipinski definition) is 3. The molecule has 0 aliphatic carbocycles. The molecule has 0 radical (unpaired) electrons. The van der Waals surface area contributed by atoms with E-state index in [0.717, 1.165) is 5.56 Å². The normalized spacial score (nSPS) is 23.4. The molecule has 1 unspecified atom stereocenters. The van der Waals surface area contributed by atoms with E-state index in [-0.39, 0.29) is 18.1 Å². The standard InChI is InChI=1S/C12H15NO2/c1-12(2)11(10(8-14)13-15-12)9-6-4-3-5-7-9/h3-7,11,14H,8H2,1-2H3. The van der Waals surface area contributed by atoms with Crippen LogP contribution in [-0.2, 0) is 4.84 Å². The molecule has 1 heterocycles. The Bertz CT molecular complexity index is 370. The van der Waals surface area contributed by atoms with Crippen molar-refractivity contribution in [2.45, 2.75) is 25.4 Å². The van der Waals surface area contributed by atoms with Crippen molar-refractivity contribution in [3.05, 3.63) is 35.9 Å². The summed E-state index contributed by atoms with van der Waals surface area (Å²) in [4.78, 5) is 5.34.